The average Bonchev–Trinajstić information content (AvgIpc) is 3.23. The molecule has 8 heteroatoms. The van der Waals surface area contributed by atoms with Gasteiger partial charge in [-0.05, 0) is 37.4 Å². The SMILES string of the molecule is CC(=NCCc1cccs1)c1c(C)[nH]n(-c2ccc([N+](=O)[O-])cc2)c1=O. The highest BCUT2D eigenvalue weighted by Gasteiger charge is 2.15. The molecule has 0 spiro atoms. The molecular formula is C18H18N4O3S. The van der Waals surface area contributed by atoms with E-state index in [-0.39, 0.29) is 11.2 Å². The molecule has 0 bridgehead atoms. The Balaban J connectivity index is 1.85. The summed E-state index contributed by atoms with van der Waals surface area (Å²) in [5, 5.41) is 15.8. The van der Waals surface area contributed by atoms with Crippen LogP contribution in [0.1, 0.15) is 23.1 Å². The molecule has 0 aliphatic carbocycles. The summed E-state index contributed by atoms with van der Waals surface area (Å²) in [5.74, 6) is 0. The van der Waals surface area contributed by atoms with Crippen molar-refractivity contribution in [1.82, 2.24) is 9.78 Å². The largest absolute Gasteiger partial charge is 0.295 e. The van der Waals surface area contributed by atoms with E-state index in [2.05, 4.69) is 16.2 Å². The second kappa shape index (κ2) is 7.49. The monoisotopic (exact) mass is 370 g/mol. The Morgan fingerprint density at radius 3 is 2.65 bits per heavy atom. The third-order valence-electron chi connectivity index (χ3n) is 4.04. The van der Waals surface area contributed by atoms with E-state index < -0.39 is 4.92 Å². The number of nitro benzene ring substituents is 1. The van der Waals surface area contributed by atoms with Crippen molar-refractivity contribution in [3.05, 3.63) is 78.4 Å². The van der Waals surface area contributed by atoms with Gasteiger partial charge in [0.25, 0.3) is 11.2 Å². The van der Waals surface area contributed by atoms with Gasteiger partial charge >= 0.3 is 0 Å². The normalized spacial score (nSPS) is 11.7. The van der Waals surface area contributed by atoms with Gasteiger partial charge in [0.05, 0.1) is 16.2 Å². The Kier molecular flexibility index (Phi) is 5.13. The summed E-state index contributed by atoms with van der Waals surface area (Å²) in [7, 11) is 0. The van der Waals surface area contributed by atoms with Gasteiger partial charge in [0.2, 0.25) is 0 Å². The number of aromatic amines is 1. The number of benzene rings is 1. The van der Waals surface area contributed by atoms with Gasteiger partial charge < -0.3 is 0 Å². The molecule has 2 aromatic heterocycles. The quantitative estimate of drug-likeness (QED) is 0.409. The van der Waals surface area contributed by atoms with Gasteiger partial charge in [-0.25, -0.2) is 4.68 Å². The number of aryl methyl sites for hydroxylation is 1. The van der Waals surface area contributed by atoms with Crippen molar-refractivity contribution in [1.29, 1.82) is 0 Å². The van der Waals surface area contributed by atoms with Crippen molar-refractivity contribution in [2.45, 2.75) is 20.3 Å². The lowest BCUT2D eigenvalue weighted by Crippen LogP contribution is -2.20. The van der Waals surface area contributed by atoms with E-state index in [1.807, 2.05) is 25.3 Å². The van der Waals surface area contributed by atoms with Crippen LogP contribution in [0, 0.1) is 17.0 Å². The average molecular weight is 370 g/mol. The lowest BCUT2D eigenvalue weighted by atomic mass is 10.2. The number of aromatic nitrogens is 2. The summed E-state index contributed by atoms with van der Waals surface area (Å²) in [5.41, 5.74) is 2.24. The molecule has 0 radical (unpaired) electrons. The second-order valence-electron chi connectivity index (χ2n) is 5.82. The number of nitrogens with one attached hydrogen (secondary N) is 1. The van der Waals surface area contributed by atoms with Crippen LogP contribution >= 0.6 is 11.3 Å². The lowest BCUT2D eigenvalue weighted by Gasteiger charge is -2.00. The molecule has 0 fully saturated rings. The van der Waals surface area contributed by atoms with Gasteiger partial charge in [-0.15, -0.1) is 11.3 Å². The molecule has 3 rings (SSSR count). The number of nitro groups is 1. The summed E-state index contributed by atoms with van der Waals surface area (Å²) in [4.78, 5) is 28.9. The molecule has 26 heavy (non-hydrogen) atoms. The van der Waals surface area contributed by atoms with E-state index in [4.69, 9.17) is 0 Å². The molecule has 0 aliphatic heterocycles. The van der Waals surface area contributed by atoms with Gasteiger partial charge in [0.1, 0.15) is 0 Å². The van der Waals surface area contributed by atoms with Crippen LogP contribution in [0.4, 0.5) is 5.69 Å². The Labute approximate surface area is 153 Å². The van der Waals surface area contributed by atoms with Crippen LogP contribution in [-0.4, -0.2) is 27.0 Å². The van der Waals surface area contributed by atoms with Crippen LogP contribution in [0.25, 0.3) is 5.69 Å². The van der Waals surface area contributed by atoms with Crippen molar-refractivity contribution in [2.24, 2.45) is 4.99 Å². The predicted octanol–water partition coefficient (Wildman–Crippen LogP) is 3.50. The van der Waals surface area contributed by atoms with Crippen molar-refractivity contribution < 1.29 is 4.92 Å². The molecule has 7 nitrogen and oxygen atoms in total. The fourth-order valence-corrected chi connectivity index (χ4v) is 3.44. The Bertz CT molecular complexity index is 998. The highest BCUT2D eigenvalue weighted by Crippen LogP contribution is 2.15. The van der Waals surface area contributed by atoms with Gasteiger partial charge in [-0.2, -0.15) is 0 Å². The van der Waals surface area contributed by atoms with Gasteiger partial charge in [-0.1, -0.05) is 6.07 Å². The third kappa shape index (κ3) is 3.65. The molecule has 0 saturated heterocycles. The maximum Gasteiger partial charge on any atom is 0.280 e. The molecule has 3 aromatic rings. The van der Waals surface area contributed by atoms with Gasteiger partial charge in [-0.3, -0.25) is 25.0 Å². The molecule has 1 aromatic carbocycles. The number of aliphatic imine (C=N–C) groups is 1. The first-order valence-electron chi connectivity index (χ1n) is 8.07. The van der Waals surface area contributed by atoms with Crippen molar-refractivity contribution in [3.63, 3.8) is 0 Å². The minimum atomic E-state index is -0.470. The van der Waals surface area contributed by atoms with Gasteiger partial charge in [0.15, 0.2) is 0 Å². The summed E-state index contributed by atoms with van der Waals surface area (Å²) < 4.78 is 1.38. The molecule has 1 N–H and O–H groups in total. The molecule has 134 valence electrons. The van der Waals surface area contributed by atoms with Crippen LogP contribution in [-0.2, 0) is 6.42 Å². The topological polar surface area (TPSA) is 93.3 Å². The predicted molar refractivity (Wildman–Crippen MR) is 103 cm³/mol. The standard InChI is InChI=1S/C18H18N4O3S/c1-12(19-10-9-16-4-3-11-26-16)17-13(2)20-21(18(17)23)14-5-7-15(8-6-14)22(24)25/h3-8,11,20H,9-10H2,1-2H3. The summed E-state index contributed by atoms with van der Waals surface area (Å²) >= 11 is 1.69. The van der Waals surface area contributed by atoms with Crippen molar-refractivity contribution in [3.8, 4) is 5.69 Å². The van der Waals surface area contributed by atoms with E-state index in [9.17, 15) is 14.9 Å². The highest BCUT2D eigenvalue weighted by atomic mass is 32.1. The van der Waals surface area contributed by atoms with Crippen LogP contribution in [0.5, 0.6) is 0 Å². The van der Waals surface area contributed by atoms with Crippen LogP contribution in [0.2, 0.25) is 0 Å². The van der Waals surface area contributed by atoms with E-state index in [0.717, 1.165) is 6.42 Å². The van der Waals surface area contributed by atoms with E-state index in [0.29, 0.717) is 29.2 Å². The van der Waals surface area contributed by atoms with E-state index >= 15 is 0 Å². The van der Waals surface area contributed by atoms with Gasteiger partial charge in [0, 0.05) is 41.4 Å². The molecule has 0 unspecified atom stereocenters. The minimum absolute atomic E-state index is 0.0170. The Morgan fingerprint density at radius 2 is 2.04 bits per heavy atom. The number of hydrogen-bond acceptors (Lipinski definition) is 5. The van der Waals surface area contributed by atoms with E-state index in [1.54, 1.807) is 23.5 Å². The maximum atomic E-state index is 12.8. The summed E-state index contributed by atoms with van der Waals surface area (Å²) in [6.45, 7) is 4.26. The molecule has 0 amide bonds. The number of thiophene rings is 1. The second-order valence-corrected chi connectivity index (χ2v) is 6.85. The zero-order chi connectivity index (χ0) is 18.7. The first-order chi connectivity index (χ1) is 12.5. The molecular weight excluding hydrogens is 352 g/mol. The van der Waals surface area contributed by atoms with Crippen LogP contribution < -0.4 is 5.56 Å². The first kappa shape index (κ1) is 17.8. The van der Waals surface area contributed by atoms with Crippen LogP contribution in [0.15, 0.2) is 51.6 Å². The Morgan fingerprint density at radius 1 is 1.31 bits per heavy atom. The lowest BCUT2D eigenvalue weighted by molar-refractivity contribution is -0.384. The van der Waals surface area contributed by atoms with E-state index in [1.165, 1.54) is 21.7 Å². The Hall–Kier alpha value is -3.00. The molecule has 0 atom stereocenters. The number of hydrogen-bond donors (Lipinski definition) is 1. The fraction of sp³-hybridized carbons (Fsp3) is 0.222. The third-order valence-corrected chi connectivity index (χ3v) is 4.98. The molecule has 0 saturated carbocycles. The number of nitrogens with zero attached hydrogens (tertiary/aromatic N) is 3. The number of non-ortho nitro benzene ring substituents is 1. The van der Waals surface area contributed by atoms with Crippen molar-refractivity contribution in [2.75, 3.05) is 6.54 Å². The maximum absolute atomic E-state index is 12.8. The highest BCUT2D eigenvalue weighted by molar-refractivity contribution is 7.09. The number of H-pyrrole nitrogens is 1. The molecule has 2 heterocycles. The van der Waals surface area contributed by atoms with Crippen molar-refractivity contribution >= 4 is 22.7 Å². The fourth-order valence-electron chi connectivity index (χ4n) is 2.75. The smallest absolute Gasteiger partial charge is 0.280 e. The summed E-state index contributed by atoms with van der Waals surface area (Å²) in [6, 6.07) is 9.92. The zero-order valence-corrected chi connectivity index (χ0v) is 15.2. The first-order valence-corrected chi connectivity index (χ1v) is 8.95. The number of rotatable bonds is 6. The molecule has 0 aliphatic rings. The van der Waals surface area contributed by atoms with Crippen LogP contribution in [0.3, 0.4) is 0 Å². The minimum Gasteiger partial charge on any atom is -0.295 e. The summed E-state index contributed by atoms with van der Waals surface area (Å²) in [6.07, 6.45) is 0.842. The zero-order valence-electron chi connectivity index (χ0n) is 14.4.